The molecule has 3 rings (SSSR count). The number of carbonyl (C=O) groups excluding carboxylic acids is 2. The molecule has 0 aliphatic rings. The van der Waals surface area contributed by atoms with Crippen LogP contribution in [0.1, 0.15) is 18.9 Å². The number of thiazole rings is 1. The lowest BCUT2D eigenvalue weighted by atomic mass is 10.2. The first kappa shape index (κ1) is 18.2. The van der Waals surface area contributed by atoms with Gasteiger partial charge in [-0.15, -0.1) is 0 Å². The van der Waals surface area contributed by atoms with E-state index in [0.717, 1.165) is 15.8 Å². The molecular weight excluding hydrogens is 372 g/mol. The average Bonchev–Trinajstić information content (AvgIpc) is 2.97. The van der Waals surface area contributed by atoms with Crippen LogP contribution < -0.4 is 16.0 Å². The summed E-state index contributed by atoms with van der Waals surface area (Å²) in [5.74, 6) is -0.0824. The molecule has 0 aliphatic carbocycles. The van der Waals surface area contributed by atoms with Gasteiger partial charge in [0.1, 0.15) is 0 Å². The number of halogens is 1. The van der Waals surface area contributed by atoms with Crippen LogP contribution in [0.5, 0.6) is 0 Å². The van der Waals surface area contributed by atoms with Crippen LogP contribution in [-0.2, 0) is 4.79 Å². The van der Waals surface area contributed by atoms with E-state index in [1.54, 1.807) is 31.2 Å². The Labute approximate surface area is 159 Å². The Bertz CT molecular complexity index is 986. The van der Waals surface area contributed by atoms with Gasteiger partial charge in [0.25, 0.3) is 0 Å². The van der Waals surface area contributed by atoms with Gasteiger partial charge in [-0.05, 0) is 42.8 Å². The molecule has 0 aliphatic heterocycles. The van der Waals surface area contributed by atoms with E-state index in [9.17, 15) is 9.59 Å². The van der Waals surface area contributed by atoms with E-state index in [1.807, 2.05) is 19.1 Å². The van der Waals surface area contributed by atoms with Crippen LogP contribution in [0, 0.1) is 6.92 Å². The van der Waals surface area contributed by atoms with Gasteiger partial charge in [0, 0.05) is 22.8 Å². The Hall–Kier alpha value is -2.64. The van der Waals surface area contributed by atoms with Gasteiger partial charge < -0.3 is 16.0 Å². The molecule has 0 atom stereocenters. The van der Waals surface area contributed by atoms with Gasteiger partial charge in [-0.2, -0.15) is 0 Å². The number of nitrogens with one attached hydrogen (secondary N) is 3. The fourth-order valence-corrected chi connectivity index (χ4v) is 3.58. The van der Waals surface area contributed by atoms with Crippen LogP contribution in [-0.4, -0.2) is 16.9 Å². The van der Waals surface area contributed by atoms with E-state index in [2.05, 4.69) is 20.9 Å². The molecule has 26 heavy (non-hydrogen) atoms. The average molecular weight is 389 g/mol. The number of aromatic nitrogens is 1. The van der Waals surface area contributed by atoms with E-state index in [0.29, 0.717) is 27.9 Å². The summed E-state index contributed by atoms with van der Waals surface area (Å²) in [6, 6.07) is 10.2. The zero-order valence-corrected chi connectivity index (χ0v) is 15.8. The molecule has 8 heteroatoms. The van der Waals surface area contributed by atoms with Gasteiger partial charge in [-0.1, -0.05) is 35.9 Å². The third-order valence-corrected chi connectivity index (χ3v) is 4.75. The number of rotatable bonds is 4. The number of nitrogens with zero attached hydrogens (tertiary/aromatic N) is 1. The topological polar surface area (TPSA) is 83.1 Å². The third-order valence-electron chi connectivity index (χ3n) is 3.59. The van der Waals surface area contributed by atoms with Gasteiger partial charge in [-0.3, -0.25) is 4.79 Å². The Balaban J connectivity index is 1.77. The summed E-state index contributed by atoms with van der Waals surface area (Å²) >= 11 is 7.29. The van der Waals surface area contributed by atoms with Crippen LogP contribution in [0.4, 0.5) is 21.3 Å². The molecule has 0 saturated heterocycles. The fraction of sp³-hybridized carbons (Fsp3) is 0.167. The number of benzene rings is 2. The van der Waals surface area contributed by atoms with E-state index in [4.69, 9.17) is 11.6 Å². The Morgan fingerprint density at radius 1 is 1.12 bits per heavy atom. The maximum Gasteiger partial charge on any atom is 0.323 e. The molecule has 1 heterocycles. The van der Waals surface area contributed by atoms with Crippen molar-refractivity contribution in [3.05, 3.63) is 47.0 Å². The molecule has 3 amide bonds. The van der Waals surface area contributed by atoms with Crippen LogP contribution >= 0.6 is 22.9 Å². The van der Waals surface area contributed by atoms with Crippen molar-refractivity contribution in [1.29, 1.82) is 0 Å². The van der Waals surface area contributed by atoms with Crippen LogP contribution in [0.3, 0.4) is 0 Å². The van der Waals surface area contributed by atoms with E-state index in [1.165, 1.54) is 11.3 Å². The summed E-state index contributed by atoms with van der Waals surface area (Å²) in [6.45, 7) is 3.70. The maximum atomic E-state index is 12.2. The maximum absolute atomic E-state index is 12.2. The lowest BCUT2D eigenvalue weighted by Crippen LogP contribution is -2.19. The normalized spacial score (nSPS) is 10.6. The molecule has 1 aromatic heterocycles. The minimum absolute atomic E-state index is 0.0824. The molecule has 6 nitrogen and oxygen atoms in total. The van der Waals surface area contributed by atoms with E-state index in [-0.39, 0.29) is 11.9 Å². The van der Waals surface area contributed by atoms with Gasteiger partial charge in [0.05, 0.1) is 10.2 Å². The van der Waals surface area contributed by atoms with Gasteiger partial charge >= 0.3 is 6.03 Å². The fourth-order valence-electron chi connectivity index (χ4n) is 2.39. The first-order valence-corrected chi connectivity index (χ1v) is 9.18. The Morgan fingerprint density at radius 3 is 2.62 bits per heavy atom. The molecule has 0 fully saturated rings. The molecule has 3 aromatic rings. The summed E-state index contributed by atoms with van der Waals surface area (Å²) in [4.78, 5) is 28.2. The third kappa shape index (κ3) is 4.30. The molecule has 0 saturated carbocycles. The second-order valence-electron chi connectivity index (χ2n) is 5.65. The number of carbonyl (C=O) groups is 2. The summed E-state index contributed by atoms with van der Waals surface area (Å²) in [7, 11) is 0. The van der Waals surface area contributed by atoms with Crippen molar-refractivity contribution < 1.29 is 9.59 Å². The second kappa shape index (κ2) is 7.72. The van der Waals surface area contributed by atoms with Crippen LogP contribution in [0.2, 0.25) is 5.02 Å². The predicted octanol–water partition coefficient (Wildman–Crippen LogP) is 5.25. The van der Waals surface area contributed by atoms with Crippen LogP contribution in [0.15, 0.2) is 36.4 Å². The Morgan fingerprint density at radius 2 is 1.88 bits per heavy atom. The molecule has 3 N–H and O–H groups in total. The molecule has 0 radical (unpaired) electrons. The van der Waals surface area contributed by atoms with Gasteiger partial charge in [0.15, 0.2) is 5.13 Å². The van der Waals surface area contributed by atoms with Crippen LogP contribution in [0.25, 0.3) is 10.2 Å². The number of amides is 3. The smallest absolute Gasteiger partial charge is 0.308 e. The number of anilines is 3. The predicted molar refractivity (Wildman–Crippen MR) is 107 cm³/mol. The van der Waals surface area contributed by atoms with Crippen molar-refractivity contribution in [1.82, 2.24) is 4.98 Å². The van der Waals surface area contributed by atoms with Crippen molar-refractivity contribution in [3.63, 3.8) is 0 Å². The highest BCUT2D eigenvalue weighted by atomic mass is 35.5. The lowest BCUT2D eigenvalue weighted by molar-refractivity contribution is -0.115. The highest BCUT2D eigenvalue weighted by Crippen LogP contribution is 2.31. The number of aryl methyl sites for hydroxylation is 1. The van der Waals surface area contributed by atoms with Crippen molar-refractivity contribution in [2.75, 3.05) is 16.0 Å². The Kier molecular flexibility index (Phi) is 5.39. The molecule has 0 bridgehead atoms. The molecular formula is C18H17ClN4O2S. The standard InChI is InChI=1S/C18H17ClN4O2S/c1-3-15(24)22-18-23-16-10(2)7-13(9-14(16)26-18)21-17(25)20-12-6-4-5-11(19)8-12/h4-9H,3H2,1-2H3,(H2,20,21,25)(H,22,23,24). The van der Waals surface area contributed by atoms with Crippen molar-refractivity contribution in [2.24, 2.45) is 0 Å². The second-order valence-corrected chi connectivity index (χ2v) is 7.12. The largest absolute Gasteiger partial charge is 0.323 e. The molecule has 134 valence electrons. The number of hydrogen-bond donors (Lipinski definition) is 3. The van der Waals surface area contributed by atoms with Crippen molar-refractivity contribution in [2.45, 2.75) is 20.3 Å². The van der Waals surface area contributed by atoms with E-state index >= 15 is 0 Å². The van der Waals surface area contributed by atoms with Crippen molar-refractivity contribution >= 4 is 61.6 Å². The lowest BCUT2D eigenvalue weighted by Gasteiger charge is -2.09. The number of fused-ring (bicyclic) bond motifs is 1. The number of urea groups is 1. The SMILES string of the molecule is CCC(=O)Nc1nc2c(C)cc(NC(=O)Nc3cccc(Cl)c3)cc2s1. The summed E-state index contributed by atoms with van der Waals surface area (Å²) < 4.78 is 0.884. The zero-order valence-electron chi connectivity index (χ0n) is 14.2. The zero-order chi connectivity index (χ0) is 18.7. The van der Waals surface area contributed by atoms with Crippen molar-refractivity contribution in [3.8, 4) is 0 Å². The van der Waals surface area contributed by atoms with Gasteiger partial charge in [0.2, 0.25) is 5.91 Å². The minimum atomic E-state index is -0.366. The quantitative estimate of drug-likeness (QED) is 0.570. The highest BCUT2D eigenvalue weighted by Gasteiger charge is 2.11. The first-order chi connectivity index (χ1) is 12.4. The molecule has 2 aromatic carbocycles. The molecule has 0 spiro atoms. The van der Waals surface area contributed by atoms with E-state index < -0.39 is 0 Å². The summed E-state index contributed by atoms with van der Waals surface area (Å²) in [5.41, 5.74) is 2.97. The highest BCUT2D eigenvalue weighted by molar-refractivity contribution is 7.22. The number of hydrogen-bond acceptors (Lipinski definition) is 4. The van der Waals surface area contributed by atoms with Gasteiger partial charge in [-0.25, -0.2) is 9.78 Å². The summed E-state index contributed by atoms with van der Waals surface area (Å²) in [5, 5.41) is 9.40. The first-order valence-electron chi connectivity index (χ1n) is 7.99. The molecule has 0 unspecified atom stereocenters. The minimum Gasteiger partial charge on any atom is -0.308 e. The monoisotopic (exact) mass is 388 g/mol. The summed E-state index contributed by atoms with van der Waals surface area (Å²) in [6.07, 6.45) is 0.394.